The Labute approximate surface area is 73.0 Å². The average Bonchev–Trinajstić information content (AvgIpc) is 2.03. The van der Waals surface area contributed by atoms with Crippen LogP contribution < -0.4 is 0 Å². The molecule has 0 bridgehead atoms. The van der Waals surface area contributed by atoms with E-state index in [4.69, 9.17) is 15.6 Å². The van der Waals surface area contributed by atoms with E-state index in [9.17, 15) is 13.2 Å². The molecule has 72 valence electrons. The average molecular weight is 192 g/mol. The number of rotatable bonds is 3. The summed E-state index contributed by atoms with van der Waals surface area (Å²) < 4.78 is 34.9. The van der Waals surface area contributed by atoms with Crippen molar-refractivity contribution in [3.63, 3.8) is 0 Å². The molecule has 0 saturated carbocycles. The van der Waals surface area contributed by atoms with Gasteiger partial charge in [0.05, 0.1) is 18.1 Å². The van der Waals surface area contributed by atoms with Gasteiger partial charge in [-0.2, -0.15) is 23.7 Å². The van der Waals surface area contributed by atoms with E-state index in [1.807, 2.05) is 0 Å². The number of nitrogens with zero attached hydrogens (tertiary/aromatic N) is 2. The molecule has 0 heterocycles. The summed E-state index contributed by atoms with van der Waals surface area (Å²) in [5.74, 6) is -1.27. The summed E-state index contributed by atoms with van der Waals surface area (Å²) in [4.78, 5) is 0. The number of alkyl halides is 3. The van der Waals surface area contributed by atoms with Crippen molar-refractivity contribution >= 4 is 0 Å². The predicted octanol–water partition coefficient (Wildman–Crippen LogP) is 1.35. The lowest BCUT2D eigenvalue weighted by molar-refractivity contribution is -0.137. The lowest BCUT2D eigenvalue weighted by Gasteiger charge is -2.11. The first-order valence-electron chi connectivity index (χ1n) is 3.44. The Morgan fingerprint density at radius 3 is 2.08 bits per heavy atom. The van der Waals surface area contributed by atoms with E-state index < -0.39 is 31.0 Å². The smallest absolute Gasteiger partial charge is 0.377 e. The van der Waals surface area contributed by atoms with Crippen molar-refractivity contribution in [1.29, 1.82) is 10.5 Å². The third-order valence-corrected chi connectivity index (χ3v) is 1.42. The predicted molar refractivity (Wildman–Crippen MR) is 36.0 cm³/mol. The van der Waals surface area contributed by atoms with E-state index in [2.05, 4.69) is 0 Å². The molecule has 0 aliphatic heterocycles. The largest absolute Gasteiger partial charge is 0.389 e. The van der Waals surface area contributed by atoms with Gasteiger partial charge in [0.2, 0.25) is 0 Å². The topological polar surface area (TPSA) is 67.8 Å². The molecule has 0 aromatic heterocycles. The Morgan fingerprint density at radius 1 is 1.23 bits per heavy atom. The van der Waals surface area contributed by atoms with Gasteiger partial charge in [0, 0.05) is 6.42 Å². The first kappa shape index (κ1) is 11.7. The summed E-state index contributed by atoms with van der Waals surface area (Å²) in [6.07, 6.45) is -7.71. The highest BCUT2D eigenvalue weighted by atomic mass is 19.4. The number of halogens is 3. The maximum absolute atomic E-state index is 11.6. The van der Waals surface area contributed by atoms with Crippen molar-refractivity contribution in [3.8, 4) is 12.1 Å². The third-order valence-electron chi connectivity index (χ3n) is 1.42. The molecule has 0 aliphatic carbocycles. The third kappa shape index (κ3) is 5.05. The fourth-order valence-corrected chi connectivity index (χ4v) is 0.702. The van der Waals surface area contributed by atoms with Crippen molar-refractivity contribution in [1.82, 2.24) is 0 Å². The Hall–Kier alpha value is -1.27. The second kappa shape index (κ2) is 4.68. The molecule has 3 nitrogen and oxygen atoms in total. The summed E-state index contributed by atoms with van der Waals surface area (Å²) in [5.41, 5.74) is 0. The van der Waals surface area contributed by atoms with E-state index >= 15 is 0 Å². The highest BCUT2D eigenvalue weighted by Crippen LogP contribution is 2.24. The van der Waals surface area contributed by atoms with Crippen LogP contribution in [0.15, 0.2) is 0 Å². The molecule has 0 aliphatic rings. The second-order valence-corrected chi connectivity index (χ2v) is 2.46. The second-order valence-electron chi connectivity index (χ2n) is 2.46. The lowest BCUT2D eigenvalue weighted by atomic mass is 9.99. The standard InChI is InChI=1S/C7H7F3N2O/c8-7(9,10)2-1-5(3-11)6(13)4-12/h5-6,13H,1-2H2. The molecule has 6 heteroatoms. The van der Waals surface area contributed by atoms with Crippen LogP contribution in [0.4, 0.5) is 13.2 Å². The molecule has 1 N–H and O–H groups in total. The zero-order chi connectivity index (χ0) is 10.5. The Morgan fingerprint density at radius 2 is 1.77 bits per heavy atom. The Bertz CT molecular complexity index is 238. The van der Waals surface area contributed by atoms with Crippen molar-refractivity contribution in [2.45, 2.75) is 25.1 Å². The van der Waals surface area contributed by atoms with Crippen LogP contribution in [0.25, 0.3) is 0 Å². The zero-order valence-corrected chi connectivity index (χ0v) is 6.54. The Kier molecular flexibility index (Phi) is 4.22. The molecule has 0 aromatic carbocycles. The molecule has 2 atom stereocenters. The van der Waals surface area contributed by atoms with Gasteiger partial charge in [-0.25, -0.2) is 0 Å². The molecule has 0 aromatic rings. The van der Waals surface area contributed by atoms with Crippen LogP contribution in [0, 0.1) is 28.6 Å². The number of hydrogen-bond acceptors (Lipinski definition) is 3. The summed E-state index contributed by atoms with van der Waals surface area (Å²) in [6, 6.07) is 2.77. The van der Waals surface area contributed by atoms with Crippen LogP contribution in [0.3, 0.4) is 0 Å². The molecule has 0 spiro atoms. The maximum atomic E-state index is 11.6. The van der Waals surface area contributed by atoms with Gasteiger partial charge in [-0.3, -0.25) is 0 Å². The molecular formula is C7H7F3N2O. The quantitative estimate of drug-likeness (QED) is 0.686. The molecule has 0 radical (unpaired) electrons. The molecule has 0 amide bonds. The van der Waals surface area contributed by atoms with E-state index in [0.29, 0.717) is 0 Å². The minimum atomic E-state index is -4.36. The van der Waals surface area contributed by atoms with Crippen LogP contribution >= 0.6 is 0 Å². The van der Waals surface area contributed by atoms with Crippen molar-refractivity contribution < 1.29 is 18.3 Å². The van der Waals surface area contributed by atoms with E-state index in [1.165, 1.54) is 12.1 Å². The van der Waals surface area contributed by atoms with Gasteiger partial charge in [-0.05, 0) is 6.42 Å². The fourth-order valence-electron chi connectivity index (χ4n) is 0.702. The molecular weight excluding hydrogens is 185 g/mol. The fraction of sp³-hybridized carbons (Fsp3) is 0.714. The van der Waals surface area contributed by atoms with Crippen LogP contribution in [0.5, 0.6) is 0 Å². The van der Waals surface area contributed by atoms with E-state index in [1.54, 1.807) is 0 Å². The van der Waals surface area contributed by atoms with Gasteiger partial charge in [-0.15, -0.1) is 0 Å². The van der Waals surface area contributed by atoms with E-state index in [-0.39, 0.29) is 0 Å². The molecule has 0 saturated heterocycles. The van der Waals surface area contributed by atoms with Crippen LogP contribution in [-0.4, -0.2) is 17.4 Å². The lowest BCUT2D eigenvalue weighted by Crippen LogP contribution is -2.19. The summed E-state index contributed by atoms with van der Waals surface area (Å²) in [7, 11) is 0. The van der Waals surface area contributed by atoms with Crippen LogP contribution in [0.1, 0.15) is 12.8 Å². The Balaban J connectivity index is 4.04. The number of nitriles is 2. The van der Waals surface area contributed by atoms with Gasteiger partial charge in [-0.1, -0.05) is 0 Å². The monoisotopic (exact) mass is 192 g/mol. The highest BCUT2D eigenvalue weighted by molar-refractivity contribution is 4.98. The maximum Gasteiger partial charge on any atom is 0.389 e. The minimum absolute atomic E-state index is 0.547. The zero-order valence-electron chi connectivity index (χ0n) is 6.54. The number of aliphatic hydroxyl groups excluding tert-OH is 1. The summed E-state index contributed by atoms with van der Waals surface area (Å²) in [6.45, 7) is 0. The molecule has 0 rings (SSSR count). The van der Waals surface area contributed by atoms with Crippen LogP contribution in [-0.2, 0) is 0 Å². The first-order valence-corrected chi connectivity index (χ1v) is 3.44. The van der Waals surface area contributed by atoms with Crippen molar-refractivity contribution in [2.24, 2.45) is 5.92 Å². The van der Waals surface area contributed by atoms with Gasteiger partial charge in [0.15, 0.2) is 6.10 Å². The normalized spacial score (nSPS) is 15.5. The van der Waals surface area contributed by atoms with Crippen LogP contribution in [0.2, 0.25) is 0 Å². The minimum Gasteiger partial charge on any atom is -0.377 e. The summed E-state index contributed by atoms with van der Waals surface area (Å²) in [5, 5.41) is 25.2. The van der Waals surface area contributed by atoms with Gasteiger partial charge in [0.1, 0.15) is 0 Å². The SMILES string of the molecule is N#CC(O)C(C#N)CCC(F)(F)F. The molecule has 2 unspecified atom stereocenters. The van der Waals surface area contributed by atoms with Gasteiger partial charge in [0.25, 0.3) is 0 Å². The molecule has 0 fully saturated rings. The van der Waals surface area contributed by atoms with Crippen molar-refractivity contribution in [2.75, 3.05) is 0 Å². The van der Waals surface area contributed by atoms with Gasteiger partial charge >= 0.3 is 6.18 Å². The molecule has 13 heavy (non-hydrogen) atoms. The summed E-state index contributed by atoms with van der Waals surface area (Å²) >= 11 is 0. The van der Waals surface area contributed by atoms with Crippen molar-refractivity contribution in [3.05, 3.63) is 0 Å². The number of aliphatic hydroxyl groups is 1. The van der Waals surface area contributed by atoms with Gasteiger partial charge < -0.3 is 5.11 Å². The first-order chi connectivity index (χ1) is 5.90. The van der Waals surface area contributed by atoms with E-state index in [0.717, 1.165) is 0 Å². The highest BCUT2D eigenvalue weighted by Gasteiger charge is 2.30. The number of hydrogen-bond donors (Lipinski definition) is 1.